The fraction of sp³-hybridized carbons (Fsp3) is 0.370. The lowest BCUT2D eigenvalue weighted by atomic mass is 9.96. The van der Waals surface area contributed by atoms with Gasteiger partial charge in [-0.1, -0.05) is 42.5 Å². The molecule has 1 saturated heterocycles. The molecule has 2 fully saturated rings. The van der Waals surface area contributed by atoms with Gasteiger partial charge in [-0.05, 0) is 41.5 Å². The Kier molecular flexibility index (Phi) is 7.53. The molecular formula is C27H27F2N5O5. The number of carbonyl (C=O) groups is 3. The molecule has 204 valence electrons. The number of amides is 3. The highest BCUT2D eigenvalue weighted by molar-refractivity contribution is 5.89. The molecule has 3 unspecified atom stereocenters. The van der Waals surface area contributed by atoms with E-state index in [1.165, 1.54) is 6.07 Å². The van der Waals surface area contributed by atoms with E-state index in [0.29, 0.717) is 16.7 Å². The van der Waals surface area contributed by atoms with Crippen molar-refractivity contribution in [2.45, 2.75) is 56.4 Å². The quantitative estimate of drug-likeness (QED) is 0.380. The van der Waals surface area contributed by atoms with Crippen LogP contribution in [0.5, 0.6) is 0 Å². The molecule has 3 N–H and O–H groups in total. The van der Waals surface area contributed by atoms with Crippen molar-refractivity contribution in [1.82, 2.24) is 25.7 Å². The van der Waals surface area contributed by atoms with Crippen LogP contribution in [0.1, 0.15) is 59.7 Å². The Bertz CT molecular complexity index is 1360. The second-order valence-corrected chi connectivity index (χ2v) is 9.73. The van der Waals surface area contributed by atoms with Gasteiger partial charge in [0.15, 0.2) is 0 Å². The predicted molar refractivity (Wildman–Crippen MR) is 133 cm³/mol. The maximum absolute atomic E-state index is 14.9. The summed E-state index contributed by atoms with van der Waals surface area (Å²) < 4.78 is 34.7. The summed E-state index contributed by atoms with van der Waals surface area (Å²) in [6, 6.07) is 12.2. The van der Waals surface area contributed by atoms with Crippen molar-refractivity contribution in [2.24, 2.45) is 0 Å². The van der Waals surface area contributed by atoms with Gasteiger partial charge in [0.2, 0.25) is 23.6 Å². The molecule has 0 radical (unpaired) electrons. The van der Waals surface area contributed by atoms with Gasteiger partial charge in [-0.3, -0.25) is 9.59 Å². The molecule has 2 heterocycles. The molecule has 3 atom stereocenters. The number of alkyl halides is 1. The molecule has 1 aliphatic heterocycles. The standard InChI is InChI=1S/C27H27F2N5O5/c28-18-11-21(34(14-18)24(35)12-22-32-33-23(39-22)13-30-27(37)38)26(36)31-25(16-4-2-1-3-5-16)17-8-9-19(15-6-7-15)20(29)10-17/h1-5,8-10,15,18,21,25,30H,6-7,11-14H2,(H,31,36)(H,37,38). The number of hydrogen-bond donors (Lipinski definition) is 3. The molecule has 3 amide bonds. The number of hydrogen-bond acceptors (Lipinski definition) is 6. The number of halogens is 2. The zero-order valence-electron chi connectivity index (χ0n) is 20.8. The van der Waals surface area contributed by atoms with Crippen molar-refractivity contribution < 1.29 is 32.7 Å². The van der Waals surface area contributed by atoms with Gasteiger partial charge in [-0.25, -0.2) is 13.6 Å². The second-order valence-electron chi connectivity index (χ2n) is 9.73. The minimum absolute atomic E-state index is 0.0371. The van der Waals surface area contributed by atoms with Crippen molar-refractivity contribution in [3.8, 4) is 0 Å². The average molecular weight is 540 g/mol. The molecule has 2 aliphatic rings. The molecule has 5 rings (SSSR count). The predicted octanol–water partition coefficient (Wildman–Crippen LogP) is 3.24. The molecule has 12 heteroatoms. The number of benzene rings is 2. The van der Waals surface area contributed by atoms with Gasteiger partial charge in [0.05, 0.1) is 19.1 Å². The number of nitrogens with one attached hydrogen (secondary N) is 2. The van der Waals surface area contributed by atoms with Crippen molar-refractivity contribution in [2.75, 3.05) is 6.54 Å². The van der Waals surface area contributed by atoms with Crippen molar-refractivity contribution >= 4 is 17.9 Å². The first-order valence-corrected chi connectivity index (χ1v) is 12.6. The Labute approximate surface area is 222 Å². The first-order chi connectivity index (χ1) is 18.8. The van der Waals surface area contributed by atoms with Gasteiger partial charge in [-0.2, -0.15) is 0 Å². The molecule has 1 aliphatic carbocycles. The van der Waals surface area contributed by atoms with Crippen LogP contribution < -0.4 is 10.6 Å². The normalized spacial score (nSPS) is 19.5. The van der Waals surface area contributed by atoms with Crippen LogP contribution in [-0.2, 0) is 22.6 Å². The molecule has 1 aromatic heterocycles. The van der Waals surface area contributed by atoms with Gasteiger partial charge in [-0.15, -0.1) is 10.2 Å². The summed E-state index contributed by atoms with van der Waals surface area (Å²) in [4.78, 5) is 38.2. The smallest absolute Gasteiger partial charge is 0.405 e. The molecular weight excluding hydrogens is 512 g/mol. The number of carboxylic acid groups (broad SMARTS) is 1. The van der Waals surface area contributed by atoms with E-state index < -0.39 is 36.2 Å². The maximum atomic E-state index is 14.9. The third-order valence-electron chi connectivity index (χ3n) is 6.87. The van der Waals surface area contributed by atoms with Gasteiger partial charge < -0.3 is 25.1 Å². The first kappa shape index (κ1) is 26.3. The highest BCUT2D eigenvalue weighted by atomic mass is 19.1. The van der Waals surface area contributed by atoms with Gasteiger partial charge in [0, 0.05) is 6.42 Å². The van der Waals surface area contributed by atoms with Crippen LogP contribution in [0.2, 0.25) is 0 Å². The molecule has 39 heavy (non-hydrogen) atoms. The summed E-state index contributed by atoms with van der Waals surface area (Å²) in [5.41, 5.74) is 1.91. The summed E-state index contributed by atoms with van der Waals surface area (Å²) in [6.07, 6.45) is -1.35. The fourth-order valence-corrected chi connectivity index (χ4v) is 4.81. The van der Waals surface area contributed by atoms with Crippen LogP contribution >= 0.6 is 0 Å². The van der Waals surface area contributed by atoms with Crippen LogP contribution in [0.3, 0.4) is 0 Å². The minimum Gasteiger partial charge on any atom is -0.465 e. The number of aromatic nitrogens is 2. The largest absolute Gasteiger partial charge is 0.465 e. The Morgan fingerprint density at radius 1 is 1.08 bits per heavy atom. The number of nitrogens with zero attached hydrogens (tertiary/aromatic N) is 3. The van der Waals surface area contributed by atoms with Crippen LogP contribution in [0.4, 0.5) is 13.6 Å². The zero-order valence-corrected chi connectivity index (χ0v) is 20.8. The molecule has 2 aromatic carbocycles. The number of rotatable bonds is 9. The Morgan fingerprint density at radius 2 is 1.82 bits per heavy atom. The zero-order chi connectivity index (χ0) is 27.5. The van der Waals surface area contributed by atoms with E-state index in [2.05, 4.69) is 20.8 Å². The van der Waals surface area contributed by atoms with Gasteiger partial charge in [0.1, 0.15) is 24.5 Å². The Morgan fingerprint density at radius 3 is 2.51 bits per heavy atom. The van der Waals surface area contributed by atoms with Crippen LogP contribution in [-0.4, -0.2) is 56.9 Å². The monoisotopic (exact) mass is 539 g/mol. The summed E-state index contributed by atoms with van der Waals surface area (Å²) in [5, 5.41) is 21.1. The lowest BCUT2D eigenvalue weighted by Crippen LogP contribution is -2.47. The lowest BCUT2D eigenvalue weighted by molar-refractivity contribution is -0.138. The van der Waals surface area contributed by atoms with Crippen molar-refractivity contribution in [1.29, 1.82) is 0 Å². The number of likely N-dealkylation sites (tertiary alicyclic amines) is 1. The lowest BCUT2D eigenvalue weighted by Gasteiger charge is -2.27. The Balaban J connectivity index is 1.32. The van der Waals surface area contributed by atoms with E-state index in [0.717, 1.165) is 17.7 Å². The van der Waals surface area contributed by atoms with Crippen molar-refractivity contribution in [3.05, 3.63) is 82.8 Å². The molecule has 0 spiro atoms. The van der Waals surface area contributed by atoms with E-state index in [1.54, 1.807) is 36.4 Å². The highest BCUT2D eigenvalue weighted by Gasteiger charge is 2.41. The molecule has 1 saturated carbocycles. The highest BCUT2D eigenvalue weighted by Crippen LogP contribution is 2.42. The third kappa shape index (κ3) is 6.21. The van der Waals surface area contributed by atoms with E-state index in [4.69, 9.17) is 9.52 Å². The maximum Gasteiger partial charge on any atom is 0.405 e. The summed E-state index contributed by atoms with van der Waals surface area (Å²) in [5.74, 6) is -1.38. The minimum atomic E-state index is -1.41. The van der Waals surface area contributed by atoms with Gasteiger partial charge in [0.25, 0.3) is 0 Å². The van der Waals surface area contributed by atoms with Crippen LogP contribution in [0, 0.1) is 5.82 Å². The molecule has 0 bridgehead atoms. The fourth-order valence-electron chi connectivity index (χ4n) is 4.81. The first-order valence-electron chi connectivity index (χ1n) is 12.6. The Hall–Kier alpha value is -4.35. The van der Waals surface area contributed by atoms with E-state index in [1.807, 2.05) is 6.07 Å². The topological polar surface area (TPSA) is 138 Å². The summed E-state index contributed by atoms with van der Waals surface area (Å²) >= 11 is 0. The second kappa shape index (κ2) is 11.2. The van der Waals surface area contributed by atoms with E-state index in [9.17, 15) is 23.2 Å². The molecule has 10 nitrogen and oxygen atoms in total. The van der Waals surface area contributed by atoms with Crippen LogP contribution in [0.15, 0.2) is 52.9 Å². The third-order valence-corrected chi connectivity index (χ3v) is 6.87. The van der Waals surface area contributed by atoms with E-state index in [-0.39, 0.29) is 49.4 Å². The SMILES string of the molecule is O=C(O)NCc1nnc(CC(=O)N2CC(F)CC2C(=O)NC(c2ccccc2)c2ccc(C3CC3)c(F)c2)o1. The van der Waals surface area contributed by atoms with Crippen LogP contribution in [0.25, 0.3) is 0 Å². The van der Waals surface area contributed by atoms with Crippen molar-refractivity contribution in [3.63, 3.8) is 0 Å². The summed E-state index contributed by atoms with van der Waals surface area (Å²) in [6.45, 7) is -0.514. The number of carbonyl (C=O) groups excluding carboxylic acids is 2. The molecule has 3 aromatic rings. The van der Waals surface area contributed by atoms with E-state index >= 15 is 0 Å². The average Bonchev–Trinajstić information content (AvgIpc) is 3.53. The summed E-state index contributed by atoms with van der Waals surface area (Å²) in [7, 11) is 0. The van der Waals surface area contributed by atoms with Gasteiger partial charge >= 0.3 is 6.09 Å².